The Hall–Kier alpha value is -3.05. The molecule has 0 aromatic heterocycles. The van der Waals surface area contributed by atoms with Gasteiger partial charge in [0.05, 0.1) is 12.6 Å². The minimum absolute atomic E-state index is 0.234. The minimum Gasteiger partial charge on any atom is -0.493 e. The van der Waals surface area contributed by atoms with E-state index in [9.17, 15) is 9.18 Å². The second-order valence-electron chi connectivity index (χ2n) is 6.74. The summed E-state index contributed by atoms with van der Waals surface area (Å²) >= 11 is 5.91. The number of ether oxygens (including phenoxy) is 2. The van der Waals surface area contributed by atoms with Crippen molar-refractivity contribution in [2.75, 3.05) is 6.61 Å². The maximum absolute atomic E-state index is 13.1. The molecule has 0 unspecified atom stereocenters. The summed E-state index contributed by atoms with van der Waals surface area (Å²) in [5.74, 6) is 0.785. The number of halogens is 2. The number of hydrogen-bond acceptors (Lipinski definition) is 3. The smallest absolute Gasteiger partial charge is 0.251 e. The number of carbonyl (C=O) groups excluding carboxylic acids is 1. The topological polar surface area (TPSA) is 47.6 Å². The molecule has 1 atom stereocenters. The SMILES string of the molecule is CCOc1ccc(C(=O)N[C@@H](C)c2ccc(F)cc2)cc1COc1ccc(Cl)cc1. The largest absolute Gasteiger partial charge is 0.493 e. The van der Waals surface area contributed by atoms with Gasteiger partial charge in [-0.25, -0.2) is 4.39 Å². The molecule has 0 aliphatic rings. The quantitative estimate of drug-likeness (QED) is 0.483. The van der Waals surface area contributed by atoms with E-state index in [0.29, 0.717) is 28.7 Å². The van der Waals surface area contributed by atoms with E-state index >= 15 is 0 Å². The van der Waals surface area contributed by atoms with E-state index in [1.165, 1.54) is 12.1 Å². The third kappa shape index (κ3) is 5.74. The van der Waals surface area contributed by atoms with Gasteiger partial charge in [0.25, 0.3) is 5.91 Å². The fourth-order valence-corrected chi connectivity index (χ4v) is 3.06. The highest BCUT2D eigenvalue weighted by molar-refractivity contribution is 6.30. The van der Waals surface area contributed by atoms with Gasteiger partial charge in [-0.2, -0.15) is 0 Å². The van der Waals surface area contributed by atoms with Crippen LogP contribution in [0.3, 0.4) is 0 Å². The summed E-state index contributed by atoms with van der Waals surface area (Å²) in [4.78, 5) is 12.7. The van der Waals surface area contributed by atoms with Crippen molar-refractivity contribution in [2.24, 2.45) is 0 Å². The molecule has 0 spiro atoms. The summed E-state index contributed by atoms with van der Waals surface area (Å²) in [6, 6.07) is 18.1. The van der Waals surface area contributed by atoms with E-state index in [1.54, 1.807) is 54.6 Å². The number of amides is 1. The molecule has 30 heavy (non-hydrogen) atoms. The van der Waals surface area contributed by atoms with Gasteiger partial charge in [0.15, 0.2) is 0 Å². The van der Waals surface area contributed by atoms with Crippen molar-refractivity contribution >= 4 is 17.5 Å². The molecule has 0 aliphatic heterocycles. The minimum atomic E-state index is -0.311. The van der Waals surface area contributed by atoms with Crippen molar-refractivity contribution < 1.29 is 18.7 Å². The lowest BCUT2D eigenvalue weighted by atomic mass is 10.1. The summed E-state index contributed by atoms with van der Waals surface area (Å²) in [5, 5.41) is 3.56. The third-order valence-corrected chi connectivity index (χ3v) is 4.80. The Balaban J connectivity index is 1.73. The van der Waals surface area contributed by atoms with Crippen LogP contribution in [-0.4, -0.2) is 12.5 Å². The van der Waals surface area contributed by atoms with Crippen molar-refractivity contribution in [2.45, 2.75) is 26.5 Å². The molecule has 0 saturated carbocycles. The molecule has 3 rings (SSSR count). The first kappa shape index (κ1) is 21.7. The maximum atomic E-state index is 13.1. The Labute approximate surface area is 180 Å². The zero-order valence-electron chi connectivity index (χ0n) is 16.8. The molecule has 3 aromatic carbocycles. The summed E-state index contributed by atoms with van der Waals surface area (Å²) in [6.45, 7) is 4.49. The molecule has 0 aliphatic carbocycles. The fourth-order valence-electron chi connectivity index (χ4n) is 2.94. The number of rotatable bonds is 8. The van der Waals surface area contributed by atoms with Crippen LogP contribution in [0.2, 0.25) is 5.02 Å². The normalized spacial score (nSPS) is 11.6. The van der Waals surface area contributed by atoms with Gasteiger partial charge in [-0.15, -0.1) is 0 Å². The van der Waals surface area contributed by atoms with Crippen LogP contribution in [0.1, 0.15) is 41.4 Å². The Bertz CT molecular complexity index is 990. The molecule has 4 nitrogen and oxygen atoms in total. The number of benzene rings is 3. The average molecular weight is 428 g/mol. The molecule has 0 bridgehead atoms. The van der Waals surface area contributed by atoms with Crippen LogP contribution >= 0.6 is 11.6 Å². The summed E-state index contributed by atoms with van der Waals surface area (Å²) < 4.78 is 24.6. The lowest BCUT2D eigenvalue weighted by Crippen LogP contribution is -2.26. The second kappa shape index (κ2) is 10.1. The van der Waals surface area contributed by atoms with Crippen molar-refractivity contribution in [3.8, 4) is 11.5 Å². The number of nitrogens with one attached hydrogen (secondary N) is 1. The molecule has 0 saturated heterocycles. The standard InChI is InChI=1S/C24H23ClFNO3/c1-3-29-23-13-6-18(14-19(23)15-30-22-11-7-20(25)8-12-22)24(28)27-16(2)17-4-9-21(26)10-5-17/h4-14,16H,3,15H2,1-2H3,(H,27,28)/t16-/m0/s1. The third-order valence-electron chi connectivity index (χ3n) is 4.55. The molecule has 0 radical (unpaired) electrons. The van der Waals surface area contributed by atoms with E-state index in [-0.39, 0.29) is 24.4 Å². The van der Waals surface area contributed by atoms with Crippen LogP contribution in [0.25, 0.3) is 0 Å². The molecular weight excluding hydrogens is 405 g/mol. The van der Waals surface area contributed by atoms with Crippen LogP contribution in [-0.2, 0) is 6.61 Å². The highest BCUT2D eigenvalue weighted by Crippen LogP contribution is 2.24. The fraction of sp³-hybridized carbons (Fsp3) is 0.208. The summed E-state index contributed by atoms with van der Waals surface area (Å²) in [5.41, 5.74) is 2.07. The molecule has 1 N–H and O–H groups in total. The highest BCUT2D eigenvalue weighted by atomic mass is 35.5. The lowest BCUT2D eigenvalue weighted by molar-refractivity contribution is 0.0939. The zero-order valence-corrected chi connectivity index (χ0v) is 17.6. The predicted molar refractivity (Wildman–Crippen MR) is 116 cm³/mol. The van der Waals surface area contributed by atoms with Crippen LogP contribution in [0.5, 0.6) is 11.5 Å². The first-order valence-corrected chi connectivity index (χ1v) is 10.0. The van der Waals surface area contributed by atoms with Crippen LogP contribution < -0.4 is 14.8 Å². The Kier molecular flexibility index (Phi) is 7.31. The van der Waals surface area contributed by atoms with Gasteiger partial charge < -0.3 is 14.8 Å². The number of carbonyl (C=O) groups is 1. The molecule has 6 heteroatoms. The zero-order chi connectivity index (χ0) is 21.5. The van der Waals surface area contributed by atoms with Crippen molar-refractivity contribution in [1.29, 1.82) is 0 Å². The number of hydrogen-bond donors (Lipinski definition) is 1. The summed E-state index contributed by atoms with van der Waals surface area (Å²) in [6.07, 6.45) is 0. The molecule has 1 amide bonds. The van der Waals surface area contributed by atoms with E-state index in [4.69, 9.17) is 21.1 Å². The van der Waals surface area contributed by atoms with Crippen molar-refractivity contribution in [1.82, 2.24) is 5.32 Å². The highest BCUT2D eigenvalue weighted by Gasteiger charge is 2.14. The molecular formula is C24H23ClFNO3. The second-order valence-corrected chi connectivity index (χ2v) is 7.18. The van der Waals surface area contributed by atoms with E-state index in [1.807, 2.05) is 13.8 Å². The van der Waals surface area contributed by atoms with Crippen LogP contribution in [0.4, 0.5) is 4.39 Å². The molecule has 0 heterocycles. The first-order chi connectivity index (χ1) is 14.5. The van der Waals surface area contributed by atoms with Gasteiger partial charge in [-0.05, 0) is 74.0 Å². The van der Waals surface area contributed by atoms with Gasteiger partial charge in [-0.3, -0.25) is 4.79 Å². The van der Waals surface area contributed by atoms with Gasteiger partial charge in [0, 0.05) is 16.1 Å². The Morgan fingerprint density at radius 1 is 1.03 bits per heavy atom. The van der Waals surface area contributed by atoms with Gasteiger partial charge in [-0.1, -0.05) is 23.7 Å². The van der Waals surface area contributed by atoms with Gasteiger partial charge >= 0.3 is 0 Å². The van der Waals surface area contributed by atoms with E-state index in [0.717, 1.165) is 11.1 Å². The molecule has 156 valence electrons. The monoisotopic (exact) mass is 427 g/mol. The van der Waals surface area contributed by atoms with Gasteiger partial charge in [0.2, 0.25) is 0 Å². The molecule has 0 fully saturated rings. The van der Waals surface area contributed by atoms with Gasteiger partial charge in [0.1, 0.15) is 23.9 Å². The van der Waals surface area contributed by atoms with Crippen LogP contribution in [0.15, 0.2) is 66.7 Å². The molecule has 3 aromatic rings. The van der Waals surface area contributed by atoms with E-state index in [2.05, 4.69) is 5.32 Å². The Morgan fingerprint density at radius 2 is 1.73 bits per heavy atom. The lowest BCUT2D eigenvalue weighted by Gasteiger charge is -2.16. The van der Waals surface area contributed by atoms with Crippen molar-refractivity contribution in [3.63, 3.8) is 0 Å². The van der Waals surface area contributed by atoms with Crippen molar-refractivity contribution in [3.05, 3.63) is 94.3 Å². The summed E-state index contributed by atoms with van der Waals surface area (Å²) in [7, 11) is 0. The predicted octanol–water partition coefficient (Wildman–Crippen LogP) is 5.95. The first-order valence-electron chi connectivity index (χ1n) is 9.66. The average Bonchev–Trinajstić information content (AvgIpc) is 2.74. The maximum Gasteiger partial charge on any atom is 0.251 e. The Morgan fingerprint density at radius 3 is 2.40 bits per heavy atom. The van der Waals surface area contributed by atoms with Crippen LogP contribution in [0, 0.1) is 5.82 Å². The van der Waals surface area contributed by atoms with E-state index < -0.39 is 0 Å².